The molecule has 4 aliphatic heterocycles. The molecule has 4 rings (SSSR count). The van der Waals surface area contributed by atoms with Crippen LogP contribution >= 0.6 is 0 Å². The number of aliphatic hydroxyl groups is 1. The van der Waals surface area contributed by atoms with Gasteiger partial charge in [0.05, 0.1) is 23.8 Å². The highest BCUT2D eigenvalue weighted by atomic mass is 16.6. The summed E-state index contributed by atoms with van der Waals surface area (Å²) in [6, 6.07) is -1.40. The van der Waals surface area contributed by atoms with Crippen LogP contribution in [0.5, 0.6) is 0 Å². The number of Topliss-reactive ketones (excluding diaryl/α,β-unsaturated/α-hetero) is 1. The number of esters is 1. The monoisotopic (exact) mass is 568 g/mol. The van der Waals surface area contributed by atoms with E-state index in [9.17, 15) is 24.3 Å². The Morgan fingerprint density at radius 3 is 2.35 bits per heavy atom. The van der Waals surface area contributed by atoms with Crippen molar-refractivity contribution in [1.29, 1.82) is 0 Å². The first-order chi connectivity index (χ1) is 18.3. The quantitative estimate of drug-likeness (QED) is 0.276. The molecule has 0 saturated carbocycles. The molecule has 0 spiro atoms. The van der Waals surface area contributed by atoms with Gasteiger partial charge in [-0.15, -0.1) is 0 Å². The Morgan fingerprint density at radius 2 is 1.77 bits per heavy atom. The van der Waals surface area contributed by atoms with E-state index in [1.54, 1.807) is 60.3 Å². The predicted molar refractivity (Wildman–Crippen MR) is 145 cm³/mol. The molecule has 40 heavy (non-hydrogen) atoms. The molecular formula is C29H48N2O9. The van der Waals surface area contributed by atoms with Gasteiger partial charge in [0.2, 0.25) is 0 Å². The van der Waals surface area contributed by atoms with Crippen LogP contribution in [0.2, 0.25) is 0 Å². The van der Waals surface area contributed by atoms with Crippen LogP contribution in [0.4, 0.5) is 9.59 Å². The van der Waals surface area contributed by atoms with Crippen molar-refractivity contribution in [3.05, 3.63) is 0 Å². The van der Waals surface area contributed by atoms with Crippen LogP contribution in [-0.4, -0.2) is 88.2 Å². The van der Waals surface area contributed by atoms with Gasteiger partial charge in [-0.05, 0) is 73.6 Å². The van der Waals surface area contributed by atoms with E-state index in [4.69, 9.17) is 18.9 Å². The zero-order chi connectivity index (χ0) is 30.4. The lowest BCUT2D eigenvalue weighted by Gasteiger charge is -2.44. The van der Waals surface area contributed by atoms with Crippen molar-refractivity contribution in [2.24, 2.45) is 17.3 Å². The first-order valence-corrected chi connectivity index (χ1v) is 14.4. The second-order valence-electron chi connectivity index (χ2n) is 13.5. The maximum absolute atomic E-state index is 13.8. The first kappa shape index (κ1) is 32.1. The summed E-state index contributed by atoms with van der Waals surface area (Å²) < 4.78 is 23.8. The molecule has 9 atom stereocenters. The van der Waals surface area contributed by atoms with Crippen molar-refractivity contribution in [3.8, 4) is 0 Å². The second-order valence-corrected chi connectivity index (χ2v) is 13.5. The van der Waals surface area contributed by atoms with Crippen molar-refractivity contribution >= 4 is 23.9 Å². The minimum Gasteiger partial charge on any atom is -0.457 e. The number of nitrogens with zero attached hydrogens (tertiary/aromatic N) is 1. The van der Waals surface area contributed by atoms with Crippen molar-refractivity contribution in [1.82, 2.24) is 10.2 Å². The van der Waals surface area contributed by atoms with Crippen molar-refractivity contribution in [3.63, 3.8) is 0 Å². The van der Waals surface area contributed by atoms with Crippen LogP contribution in [0.1, 0.15) is 88.5 Å². The highest BCUT2D eigenvalue weighted by molar-refractivity contribution is 6.04. The average molecular weight is 569 g/mol. The number of alkyl carbamates (subject to hydrolysis) is 1. The van der Waals surface area contributed by atoms with Gasteiger partial charge in [-0.25, -0.2) is 9.59 Å². The molecule has 0 radical (unpaired) electrons. The zero-order valence-corrected chi connectivity index (χ0v) is 25.7. The number of hydrogen-bond acceptors (Lipinski definition) is 9. The lowest BCUT2D eigenvalue weighted by Crippen LogP contribution is -2.62. The molecule has 4 fully saturated rings. The highest BCUT2D eigenvalue weighted by Gasteiger charge is 2.58. The van der Waals surface area contributed by atoms with Gasteiger partial charge in [-0.1, -0.05) is 20.8 Å². The standard InChI is InChI=1S/C29H48N2O9/c1-11-19-29(10)20(30-24(35)39-29)18(4)31(25(36)40-26(5,6)7)15-16(2)14-28(9)22(33)17(3)21(32)27(8,12-13-37-28)23(34)38-19/h16-20,22,33H,11-15H2,1-10H3,(H,30,35)/t16-,17+,18-,19-,20-,22-,27-,28+,29-/m1/s1. The van der Waals surface area contributed by atoms with Gasteiger partial charge in [-0.3, -0.25) is 9.59 Å². The van der Waals surface area contributed by atoms with Gasteiger partial charge in [-0.2, -0.15) is 0 Å². The number of rotatable bonds is 1. The zero-order valence-electron chi connectivity index (χ0n) is 25.7. The molecule has 2 bridgehead atoms. The number of fused-ring (bicyclic) bond motifs is 10. The van der Waals surface area contributed by atoms with E-state index in [0.29, 0.717) is 6.42 Å². The molecule has 11 nitrogen and oxygen atoms in total. The Hall–Kier alpha value is -2.40. The van der Waals surface area contributed by atoms with E-state index in [-0.39, 0.29) is 31.9 Å². The van der Waals surface area contributed by atoms with Gasteiger partial charge in [0.25, 0.3) is 0 Å². The number of amides is 2. The Bertz CT molecular complexity index is 1010. The topological polar surface area (TPSA) is 141 Å². The largest absolute Gasteiger partial charge is 0.457 e. The smallest absolute Gasteiger partial charge is 0.410 e. The number of ketones is 1. The molecule has 0 aromatic rings. The Kier molecular flexibility index (Phi) is 8.93. The third-order valence-electron chi connectivity index (χ3n) is 8.87. The Labute approximate surface area is 237 Å². The number of carbonyl (C=O) groups excluding carboxylic acids is 4. The van der Waals surface area contributed by atoms with E-state index in [1.807, 2.05) is 6.92 Å². The summed E-state index contributed by atoms with van der Waals surface area (Å²) in [5.41, 5.74) is -4.82. The number of aliphatic hydroxyl groups excluding tert-OH is 1. The lowest BCUT2D eigenvalue weighted by atomic mass is 9.71. The van der Waals surface area contributed by atoms with E-state index in [2.05, 4.69) is 5.32 Å². The summed E-state index contributed by atoms with van der Waals surface area (Å²) >= 11 is 0. The minimum atomic E-state index is -1.57. The third-order valence-corrected chi connectivity index (χ3v) is 8.87. The van der Waals surface area contributed by atoms with E-state index in [1.165, 1.54) is 6.92 Å². The van der Waals surface area contributed by atoms with Gasteiger partial charge in [0, 0.05) is 19.1 Å². The predicted octanol–water partition coefficient (Wildman–Crippen LogP) is 3.59. The molecule has 0 aromatic carbocycles. The molecule has 11 heteroatoms. The van der Waals surface area contributed by atoms with Crippen LogP contribution in [-0.2, 0) is 28.5 Å². The van der Waals surface area contributed by atoms with Crippen LogP contribution in [0.15, 0.2) is 0 Å². The fraction of sp³-hybridized carbons (Fsp3) is 0.862. The number of nitrogens with one attached hydrogen (secondary N) is 1. The first-order valence-electron chi connectivity index (χ1n) is 14.4. The summed E-state index contributed by atoms with van der Waals surface area (Å²) in [6.45, 7) is 17.6. The summed E-state index contributed by atoms with van der Waals surface area (Å²) in [4.78, 5) is 55.3. The lowest BCUT2D eigenvalue weighted by molar-refractivity contribution is -0.190. The van der Waals surface area contributed by atoms with Crippen molar-refractivity contribution in [2.45, 2.75) is 130 Å². The maximum Gasteiger partial charge on any atom is 0.410 e. The Morgan fingerprint density at radius 1 is 1.15 bits per heavy atom. The molecule has 4 aliphatic rings. The van der Waals surface area contributed by atoms with E-state index < -0.39 is 76.4 Å². The van der Waals surface area contributed by atoms with E-state index >= 15 is 0 Å². The number of hydrogen-bond donors (Lipinski definition) is 2. The van der Waals surface area contributed by atoms with Crippen LogP contribution in [0.25, 0.3) is 0 Å². The van der Waals surface area contributed by atoms with Crippen molar-refractivity contribution in [2.75, 3.05) is 13.2 Å². The van der Waals surface area contributed by atoms with Gasteiger partial charge in [0.1, 0.15) is 17.1 Å². The van der Waals surface area contributed by atoms with Gasteiger partial charge in [0.15, 0.2) is 11.4 Å². The van der Waals surface area contributed by atoms with Crippen LogP contribution in [0.3, 0.4) is 0 Å². The summed E-state index contributed by atoms with van der Waals surface area (Å²) in [6.07, 6.45) is -2.73. The molecule has 0 aliphatic carbocycles. The molecule has 2 N–H and O–H groups in total. The normalized spacial score (nSPS) is 41.6. The fourth-order valence-electron chi connectivity index (χ4n) is 6.55. The van der Waals surface area contributed by atoms with Crippen LogP contribution < -0.4 is 5.32 Å². The molecular weight excluding hydrogens is 520 g/mol. The third kappa shape index (κ3) is 5.95. The molecule has 2 amide bonds. The maximum atomic E-state index is 13.8. The summed E-state index contributed by atoms with van der Waals surface area (Å²) in [5.74, 6) is -2.32. The molecule has 4 saturated heterocycles. The van der Waals surface area contributed by atoms with Crippen molar-refractivity contribution < 1.29 is 43.2 Å². The van der Waals surface area contributed by atoms with Crippen LogP contribution in [0, 0.1) is 17.3 Å². The highest BCUT2D eigenvalue weighted by Crippen LogP contribution is 2.41. The Balaban J connectivity index is 2.17. The van der Waals surface area contributed by atoms with Gasteiger partial charge >= 0.3 is 18.2 Å². The minimum absolute atomic E-state index is 0.0454. The molecule has 0 aromatic heterocycles. The van der Waals surface area contributed by atoms with Gasteiger partial charge < -0.3 is 34.3 Å². The number of carbonyl (C=O) groups is 4. The summed E-state index contributed by atoms with van der Waals surface area (Å²) in [7, 11) is 0. The fourth-order valence-corrected chi connectivity index (χ4v) is 6.55. The van der Waals surface area contributed by atoms with E-state index in [0.717, 1.165) is 0 Å². The molecule has 4 heterocycles. The number of ether oxygens (including phenoxy) is 4. The SMILES string of the molecule is CC[C@H]1OC(=O)[C@]2(C)CCO[C@@](C)(C[C@@H](C)CN(C(=O)OC(C)(C)C)[C@H](C)[C@H]3NC(=O)O[C@@]31C)[C@H](O)[C@@H](C)C2=O. The second kappa shape index (κ2) is 11.1. The average Bonchev–Trinajstić information content (AvgIpc) is 3.15. The molecule has 0 unspecified atom stereocenters. The molecule has 228 valence electrons. The summed E-state index contributed by atoms with van der Waals surface area (Å²) in [5, 5.41) is 14.2.